The summed E-state index contributed by atoms with van der Waals surface area (Å²) in [7, 11) is 0. The predicted octanol–water partition coefficient (Wildman–Crippen LogP) is 7.68. The smallest absolute Gasteiger partial charge is 0.123 e. The lowest BCUT2D eigenvalue weighted by Crippen LogP contribution is -2.09. The molecule has 0 amide bonds. The van der Waals surface area contributed by atoms with E-state index in [9.17, 15) is 5.11 Å². The van der Waals surface area contributed by atoms with Crippen molar-refractivity contribution in [2.75, 3.05) is 4.90 Å². The van der Waals surface area contributed by atoms with E-state index in [0.717, 1.165) is 39.0 Å². The maximum Gasteiger partial charge on any atom is 0.123 e. The molecular weight excluding hydrogens is 366 g/mol. The molecule has 0 aliphatic heterocycles. The largest absolute Gasteiger partial charge is 0.507 e. The van der Waals surface area contributed by atoms with Crippen LogP contribution in [-0.2, 0) is 0 Å². The van der Waals surface area contributed by atoms with Gasteiger partial charge in [0.1, 0.15) is 5.75 Å². The van der Waals surface area contributed by atoms with Gasteiger partial charge in [0.15, 0.2) is 0 Å². The van der Waals surface area contributed by atoms with Crippen LogP contribution in [0.3, 0.4) is 0 Å². The van der Waals surface area contributed by atoms with Crippen molar-refractivity contribution in [1.82, 2.24) is 0 Å². The molecule has 5 aromatic carbocycles. The van der Waals surface area contributed by atoms with Gasteiger partial charge in [-0.05, 0) is 59.0 Å². The lowest BCUT2D eigenvalue weighted by Gasteiger charge is -2.25. The van der Waals surface area contributed by atoms with Gasteiger partial charge < -0.3 is 10.0 Å². The maximum atomic E-state index is 10.2. The third-order valence-electron chi connectivity index (χ3n) is 5.37. The van der Waals surface area contributed by atoms with Gasteiger partial charge >= 0.3 is 0 Å². The fourth-order valence-corrected chi connectivity index (χ4v) is 3.93. The van der Waals surface area contributed by atoms with Gasteiger partial charge in [-0.2, -0.15) is 0 Å². The van der Waals surface area contributed by atoms with Crippen molar-refractivity contribution in [2.45, 2.75) is 0 Å². The number of phenols is 1. The number of benzene rings is 5. The zero-order chi connectivity index (χ0) is 20.3. The fraction of sp³-hybridized carbons (Fsp3) is 0. The third-order valence-corrected chi connectivity index (χ3v) is 5.37. The van der Waals surface area contributed by atoms with Crippen molar-refractivity contribution >= 4 is 27.8 Å². The van der Waals surface area contributed by atoms with Crippen LogP contribution in [0.4, 0.5) is 17.1 Å². The Bertz CT molecular complexity index is 1240. The first kappa shape index (κ1) is 18.0. The molecule has 2 heteroatoms. The number of rotatable bonds is 4. The van der Waals surface area contributed by atoms with Crippen molar-refractivity contribution in [3.63, 3.8) is 0 Å². The van der Waals surface area contributed by atoms with Crippen LogP contribution in [0.1, 0.15) is 0 Å². The zero-order valence-corrected chi connectivity index (χ0v) is 16.4. The number of nitrogens with zero attached hydrogens (tertiary/aromatic N) is 1. The first-order chi connectivity index (χ1) is 14.8. The van der Waals surface area contributed by atoms with Crippen molar-refractivity contribution in [3.8, 4) is 16.9 Å². The molecule has 144 valence electrons. The zero-order valence-electron chi connectivity index (χ0n) is 16.4. The highest BCUT2D eigenvalue weighted by Gasteiger charge is 2.13. The molecule has 0 aromatic heterocycles. The van der Waals surface area contributed by atoms with E-state index < -0.39 is 0 Å². The van der Waals surface area contributed by atoms with Crippen LogP contribution < -0.4 is 4.90 Å². The van der Waals surface area contributed by atoms with Gasteiger partial charge in [0, 0.05) is 22.4 Å². The summed E-state index contributed by atoms with van der Waals surface area (Å²) >= 11 is 0. The molecule has 0 aliphatic rings. The molecule has 0 radical (unpaired) electrons. The summed E-state index contributed by atoms with van der Waals surface area (Å²) in [6, 6.07) is 41.1. The summed E-state index contributed by atoms with van der Waals surface area (Å²) < 4.78 is 0. The van der Waals surface area contributed by atoms with Gasteiger partial charge in [0.05, 0.1) is 0 Å². The van der Waals surface area contributed by atoms with E-state index in [4.69, 9.17) is 0 Å². The number of aromatic hydroxyl groups is 1. The van der Waals surface area contributed by atoms with Crippen LogP contribution >= 0.6 is 0 Å². The van der Waals surface area contributed by atoms with E-state index in [0.29, 0.717) is 5.75 Å². The normalized spacial score (nSPS) is 10.8. The van der Waals surface area contributed by atoms with Crippen LogP contribution in [0.2, 0.25) is 0 Å². The minimum atomic E-state index is 0.310. The summed E-state index contributed by atoms with van der Waals surface area (Å²) in [5.74, 6) is 0.310. The summed E-state index contributed by atoms with van der Waals surface area (Å²) in [5.41, 5.74) is 5.56. The number of hydrogen-bond acceptors (Lipinski definition) is 2. The monoisotopic (exact) mass is 387 g/mol. The minimum Gasteiger partial charge on any atom is -0.507 e. The summed E-state index contributed by atoms with van der Waals surface area (Å²) in [4.78, 5) is 2.25. The standard InChI is InChI=1S/C28H21NO/c30-28-20-19-25(26-13-7-8-14-27(26)28)21-15-17-24(18-16-21)29(22-9-3-1-4-10-22)23-11-5-2-6-12-23/h1-20,30H. The van der Waals surface area contributed by atoms with Crippen molar-refractivity contribution in [1.29, 1.82) is 0 Å². The van der Waals surface area contributed by atoms with Gasteiger partial charge in [-0.3, -0.25) is 0 Å². The Morgan fingerprint density at radius 3 is 1.53 bits per heavy atom. The molecule has 0 heterocycles. The summed E-state index contributed by atoms with van der Waals surface area (Å²) in [6.07, 6.45) is 0. The highest BCUT2D eigenvalue weighted by atomic mass is 16.3. The molecule has 5 rings (SSSR count). The van der Waals surface area contributed by atoms with E-state index in [1.165, 1.54) is 0 Å². The Labute approximate surface area is 176 Å². The highest BCUT2D eigenvalue weighted by molar-refractivity contribution is 6.00. The van der Waals surface area contributed by atoms with Crippen molar-refractivity contribution < 1.29 is 5.11 Å². The van der Waals surface area contributed by atoms with Gasteiger partial charge in [-0.15, -0.1) is 0 Å². The SMILES string of the molecule is Oc1ccc(-c2ccc(N(c3ccccc3)c3ccccc3)cc2)c2ccccc12. The van der Waals surface area contributed by atoms with E-state index in [1.807, 2.05) is 36.4 Å². The Hall–Kier alpha value is -4.04. The molecule has 0 fully saturated rings. The molecule has 0 bridgehead atoms. The molecule has 0 unspecified atom stereocenters. The minimum absolute atomic E-state index is 0.310. The third kappa shape index (κ3) is 3.29. The first-order valence-corrected chi connectivity index (χ1v) is 10.0. The number of fused-ring (bicyclic) bond motifs is 1. The average molecular weight is 387 g/mol. The van der Waals surface area contributed by atoms with E-state index in [-0.39, 0.29) is 0 Å². The Balaban J connectivity index is 1.60. The van der Waals surface area contributed by atoms with Crippen LogP contribution in [-0.4, -0.2) is 5.11 Å². The molecule has 5 aromatic rings. The number of phenolic OH excluding ortho intramolecular Hbond substituents is 1. The number of para-hydroxylation sites is 2. The molecule has 2 nitrogen and oxygen atoms in total. The molecule has 1 N–H and O–H groups in total. The number of anilines is 3. The fourth-order valence-electron chi connectivity index (χ4n) is 3.93. The second kappa shape index (κ2) is 7.76. The van der Waals surface area contributed by atoms with Crippen LogP contribution in [0.15, 0.2) is 121 Å². The van der Waals surface area contributed by atoms with Crippen molar-refractivity contribution in [2.24, 2.45) is 0 Å². The molecule has 0 saturated heterocycles. The summed E-state index contributed by atoms with van der Waals surface area (Å²) in [6.45, 7) is 0. The molecule has 0 spiro atoms. The lowest BCUT2D eigenvalue weighted by atomic mass is 9.97. The number of hydrogen-bond donors (Lipinski definition) is 1. The van der Waals surface area contributed by atoms with E-state index in [1.54, 1.807) is 6.07 Å². The molecule has 0 saturated carbocycles. The molecule has 30 heavy (non-hydrogen) atoms. The quantitative estimate of drug-likeness (QED) is 0.342. The Morgan fingerprint density at radius 1 is 0.433 bits per heavy atom. The molecular formula is C28H21NO. The highest BCUT2D eigenvalue weighted by Crippen LogP contribution is 2.37. The molecule has 0 aliphatic carbocycles. The van der Waals surface area contributed by atoms with E-state index in [2.05, 4.69) is 83.8 Å². The Morgan fingerprint density at radius 2 is 0.933 bits per heavy atom. The van der Waals surface area contributed by atoms with Gasteiger partial charge in [-0.1, -0.05) is 78.9 Å². The second-order valence-corrected chi connectivity index (χ2v) is 7.23. The first-order valence-electron chi connectivity index (χ1n) is 10.0. The van der Waals surface area contributed by atoms with E-state index >= 15 is 0 Å². The van der Waals surface area contributed by atoms with Gasteiger partial charge in [0.25, 0.3) is 0 Å². The lowest BCUT2D eigenvalue weighted by molar-refractivity contribution is 0.481. The van der Waals surface area contributed by atoms with Crippen molar-refractivity contribution in [3.05, 3.63) is 121 Å². The molecule has 0 atom stereocenters. The van der Waals surface area contributed by atoms with Crippen LogP contribution in [0.5, 0.6) is 5.75 Å². The average Bonchev–Trinajstić information content (AvgIpc) is 2.82. The van der Waals surface area contributed by atoms with Crippen LogP contribution in [0, 0.1) is 0 Å². The topological polar surface area (TPSA) is 23.5 Å². The van der Waals surface area contributed by atoms with Gasteiger partial charge in [0.2, 0.25) is 0 Å². The maximum absolute atomic E-state index is 10.2. The summed E-state index contributed by atoms with van der Waals surface area (Å²) in [5, 5.41) is 12.1. The Kier molecular flexibility index (Phi) is 4.66. The predicted molar refractivity (Wildman–Crippen MR) is 126 cm³/mol. The van der Waals surface area contributed by atoms with Gasteiger partial charge in [-0.25, -0.2) is 0 Å². The second-order valence-electron chi connectivity index (χ2n) is 7.23. The van der Waals surface area contributed by atoms with Crippen LogP contribution in [0.25, 0.3) is 21.9 Å².